The van der Waals surface area contributed by atoms with Gasteiger partial charge in [-0.1, -0.05) is 57.5 Å². The zero-order chi connectivity index (χ0) is 20.6. The molecule has 1 amide bonds. The minimum absolute atomic E-state index is 0.0252. The van der Waals surface area contributed by atoms with Crippen LogP contribution in [0.5, 0.6) is 0 Å². The first kappa shape index (κ1) is 22.8. The molecule has 0 saturated heterocycles. The van der Waals surface area contributed by atoms with Crippen molar-refractivity contribution in [3.05, 3.63) is 35.9 Å². The molecule has 158 valence electrons. The Labute approximate surface area is 169 Å². The standard InChI is InChI=1S/C21H34N2O4S/c1-16(2)19-10-9-17(3)13-20(19)27-14-21(24)22-11-12-23-28(25,26)15-18-7-5-4-6-8-18/h4-8,16-17,19-20,23H,9-15H2,1-3H3,(H,22,24)/t17-,19-,20-/m1/s1. The number of amides is 1. The fourth-order valence-corrected chi connectivity index (χ4v) is 4.94. The maximum absolute atomic E-state index is 12.1. The molecule has 1 aliphatic rings. The van der Waals surface area contributed by atoms with Crippen LogP contribution in [0.1, 0.15) is 45.6 Å². The highest BCUT2D eigenvalue weighted by molar-refractivity contribution is 7.88. The number of carbonyl (C=O) groups excluding carboxylic acids is 1. The minimum Gasteiger partial charge on any atom is -0.368 e. The number of benzene rings is 1. The molecule has 6 nitrogen and oxygen atoms in total. The third-order valence-electron chi connectivity index (χ3n) is 5.36. The Kier molecular flexibility index (Phi) is 8.92. The smallest absolute Gasteiger partial charge is 0.246 e. The summed E-state index contributed by atoms with van der Waals surface area (Å²) in [6.07, 6.45) is 3.49. The lowest BCUT2D eigenvalue weighted by Gasteiger charge is -2.37. The van der Waals surface area contributed by atoms with Crippen LogP contribution in [0, 0.1) is 17.8 Å². The summed E-state index contributed by atoms with van der Waals surface area (Å²) < 4.78 is 32.5. The Bertz CT molecular complexity index is 706. The zero-order valence-corrected chi connectivity index (χ0v) is 18.0. The van der Waals surface area contributed by atoms with E-state index in [2.05, 4.69) is 30.8 Å². The highest BCUT2D eigenvalue weighted by Gasteiger charge is 2.31. The normalized spacial score (nSPS) is 22.9. The van der Waals surface area contributed by atoms with Crippen molar-refractivity contribution in [3.8, 4) is 0 Å². The van der Waals surface area contributed by atoms with Crippen molar-refractivity contribution in [1.82, 2.24) is 10.0 Å². The number of hydrogen-bond donors (Lipinski definition) is 2. The van der Waals surface area contributed by atoms with E-state index in [-0.39, 0.29) is 37.5 Å². The summed E-state index contributed by atoms with van der Waals surface area (Å²) in [5.74, 6) is 1.39. The van der Waals surface area contributed by atoms with Crippen molar-refractivity contribution in [1.29, 1.82) is 0 Å². The molecule has 28 heavy (non-hydrogen) atoms. The van der Waals surface area contributed by atoms with E-state index in [1.165, 1.54) is 6.42 Å². The second-order valence-corrected chi connectivity index (χ2v) is 9.97. The fraction of sp³-hybridized carbons (Fsp3) is 0.667. The molecule has 0 unspecified atom stereocenters. The van der Waals surface area contributed by atoms with E-state index in [4.69, 9.17) is 4.74 Å². The quantitative estimate of drug-likeness (QED) is 0.581. The summed E-state index contributed by atoms with van der Waals surface area (Å²) in [5, 5.41) is 2.72. The molecule has 0 radical (unpaired) electrons. The predicted molar refractivity (Wildman–Crippen MR) is 111 cm³/mol. The largest absolute Gasteiger partial charge is 0.368 e. The summed E-state index contributed by atoms with van der Waals surface area (Å²) in [6.45, 7) is 7.07. The molecule has 0 heterocycles. The monoisotopic (exact) mass is 410 g/mol. The van der Waals surface area contributed by atoms with E-state index in [0.717, 1.165) is 18.4 Å². The van der Waals surface area contributed by atoms with Gasteiger partial charge in [-0.05, 0) is 36.2 Å². The number of hydrogen-bond acceptors (Lipinski definition) is 4. The summed E-state index contributed by atoms with van der Waals surface area (Å²) in [5.41, 5.74) is 0.730. The lowest BCUT2D eigenvalue weighted by atomic mass is 9.75. The first-order valence-corrected chi connectivity index (χ1v) is 11.8. The van der Waals surface area contributed by atoms with E-state index in [0.29, 0.717) is 17.8 Å². The molecule has 2 rings (SSSR count). The molecular weight excluding hydrogens is 376 g/mol. The van der Waals surface area contributed by atoms with Crippen LogP contribution in [0.4, 0.5) is 0 Å². The Balaban J connectivity index is 1.67. The second kappa shape index (κ2) is 10.9. The average molecular weight is 411 g/mol. The van der Waals surface area contributed by atoms with Crippen LogP contribution in [0.2, 0.25) is 0 Å². The average Bonchev–Trinajstić information content (AvgIpc) is 2.64. The van der Waals surface area contributed by atoms with E-state index in [1.807, 2.05) is 18.2 Å². The summed E-state index contributed by atoms with van der Waals surface area (Å²) in [7, 11) is -3.42. The predicted octanol–water partition coefficient (Wildman–Crippen LogP) is 2.70. The number of rotatable bonds is 10. The molecule has 0 spiro atoms. The maximum Gasteiger partial charge on any atom is 0.246 e. The summed E-state index contributed by atoms with van der Waals surface area (Å²) in [4.78, 5) is 12.0. The third-order valence-corrected chi connectivity index (χ3v) is 6.72. The zero-order valence-electron chi connectivity index (χ0n) is 17.2. The molecule has 7 heteroatoms. The van der Waals surface area contributed by atoms with Gasteiger partial charge in [-0.3, -0.25) is 4.79 Å². The van der Waals surface area contributed by atoms with Gasteiger partial charge in [-0.15, -0.1) is 0 Å². The van der Waals surface area contributed by atoms with Gasteiger partial charge < -0.3 is 10.1 Å². The molecule has 0 aliphatic heterocycles. The van der Waals surface area contributed by atoms with Crippen LogP contribution in [0.3, 0.4) is 0 Å². The van der Waals surface area contributed by atoms with Gasteiger partial charge >= 0.3 is 0 Å². The Morgan fingerprint density at radius 2 is 1.89 bits per heavy atom. The molecule has 0 aromatic heterocycles. The molecule has 2 N–H and O–H groups in total. The van der Waals surface area contributed by atoms with Crippen LogP contribution in [-0.2, 0) is 25.3 Å². The van der Waals surface area contributed by atoms with Crippen molar-refractivity contribution in [3.63, 3.8) is 0 Å². The van der Waals surface area contributed by atoms with Gasteiger partial charge in [-0.2, -0.15) is 0 Å². The fourth-order valence-electron chi connectivity index (χ4n) is 3.79. The highest BCUT2D eigenvalue weighted by atomic mass is 32.2. The SMILES string of the molecule is CC(C)[C@H]1CC[C@@H](C)C[C@H]1OCC(=O)NCCNS(=O)(=O)Cc1ccccc1. The van der Waals surface area contributed by atoms with Crippen LogP contribution < -0.4 is 10.0 Å². The number of nitrogens with one attached hydrogen (secondary N) is 2. The molecule has 1 fully saturated rings. The van der Waals surface area contributed by atoms with E-state index in [9.17, 15) is 13.2 Å². The Morgan fingerprint density at radius 1 is 1.18 bits per heavy atom. The molecule has 0 bridgehead atoms. The third kappa shape index (κ3) is 7.89. The van der Waals surface area contributed by atoms with Crippen LogP contribution in [0.25, 0.3) is 0 Å². The first-order valence-electron chi connectivity index (χ1n) is 10.2. The molecule has 1 aromatic carbocycles. The Hall–Kier alpha value is -1.44. The van der Waals surface area contributed by atoms with Gasteiger partial charge in [0.1, 0.15) is 6.61 Å². The second-order valence-electron chi connectivity index (χ2n) is 8.16. The number of carbonyl (C=O) groups is 1. The number of sulfonamides is 1. The van der Waals surface area contributed by atoms with Gasteiger partial charge in [0.05, 0.1) is 11.9 Å². The minimum atomic E-state index is -3.42. The van der Waals surface area contributed by atoms with Crippen molar-refractivity contribution in [2.75, 3.05) is 19.7 Å². The van der Waals surface area contributed by atoms with Gasteiger partial charge in [0, 0.05) is 13.1 Å². The van der Waals surface area contributed by atoms with E-state index >= 15 is 0 Å². The van der Waals surface area contributed by atoms with Crippen molar-refractivity contribution < 1.29 is 17.9 Å². The summed E-state index contributed by atoms with van der Waals surface area (Å²) >= 11 is 0. The number of ether oxygens (including phenoxy) is 1. The van der Waals surface area contributed by atoms with Crippen LogP contribution in [-0.4, -0.2) is 40.1 Å². The van der Waals surface area contributed by atoms with Crippen molar-refractivity contribution in [2.45, 2.75) is 51.9 Å². The van der Waals surface area contributed by atoms with Crippen molar-refractivity contribution >= 4 is 15.9 Å². The highest BCUT2D eigenvalue weighted by Crippen LogP contribution is 2.35. The lowest BCUT2D eigenvalue weighted by Crippen LogP contribution is -2.39. The maximum atomic E-state index is 12.1. The van der Waals surface area contributed by atoms with Crippen LogP contribution >= 0.6 is 0 Å². The molecule has 1 aliphatic carbocycles. The van der Waals surface area contributed by atoms with Gasteiger partial charge in [0.25, 0.3) is 0 Å². The van der Waals surface area contributed by atoms with Gasteiger partial charge in [-0.25, -0.2) is 13.1 Å². The molecule has 1 saturated carbocycles. The first-order chi connectivity index (χ1) is 13.3. The van der Waals surface area contributed by atoms with E-state index in [1.54, 1.807) is 12.1 Å². The van der Waals surface area contributed by atoms with E-state index < -0.39 is 10.0 Å². The van der Waals surface area contributed by atoms with Gasteiger partial charge in [0.15, 0.2) is 0 Å². The topological polar surface area (TPSA) is 84.5 Å². The summed E-state index contributed by atoms with van der Waals surface area (Å²) in [6, 6.07) is 9.01. The molecular formula is C21H34N2O4S. The van der Waals surface area contributed by atoms with Crippen molar-refractivity contribution in [2.24, 2.45) is 17.8 Å². The Morgan fingerprint density at radius 3 is 2.57 bits per heavy atom. The molecule has 1 aromatic rings. The molecule has 3 atom stereocenters. The van der Waals surface area contributed by atoms with Crippen LogP contribution in [0.15, 0.2) is 30.3 Å². The van der Waals surface area contributed by atoms with Gasteiger partial charge in [0.2, 0.25) is 15.9 Å². The lowest BCUT2D eigenvalue weighted by molar-refractivity contribution is -0.131.